The molecule has 1 aromatic heterocycles. The molecule has 1 aromatic carbocycles. The Bertz CT molecular complexity index is 1030. The fourth-order valence-electron chi connectivity index (χ4n) is 2.78. The number of methoxy groups -OCH3 is 1. The number of ether oxygens (including phenoxy) is 2. The third-order valence-corrected chi connectivity index (χ3v) is 6.12. The summed E-state index contributed by atoms with van der Waals surface area (Å²) >= 11 is 0. The van der Waals surface area contributed by atoms with Crippen molar-refractivity contribution >= 4 is 27.5 Å². The summed E-state index contributed by atoms with van der Waals surface area (Å²) in [6.07, 6.45) is 1.53. The van der Waals surface area contributed by atoms with Crippen molar-refractivity contribution in [3.63, 3.8) is 0 Å². The van der Waals surface area contributed by atoms with Crippen molar-refractivity contribution < 1.29 is 27.5 Å². The lowest BCUT2D eigenvalue weighted by Crippen LogP contribution is -2.49. The Morgan fingerprint density at radius 2 is 2.10 bits per heavy atom. The molecule has 0 spiro atoms. The summed E-state index contributed by atoms with van der Waals surface area (Å²) in [6.45, 7) is 0.774. The van der Waals surface area contributed by atoms with Gasteiger partial charge in [0, 0.05) is 32.0 Å². The van der Waals surface area contributed by atoms with Crippen LogP contribution in [0, 0.1) is 0 Å². The number of hydrogen-bond donors (Lipinski definition) is 2. The summed E-state index contributed by atoms with van der Waals surface area (Å²) < 4.78 is 37.2. The number of carbonyl (C=O) groups excluding carboxylic acids is 2. The first kappa shape index (κ1) is 21.7. The third-order valence-electron chi connectivity index (χ3n) is 4.28. The number of benzene rings is 1. The minimum Gasteiger partial charge on any atom is -0.474 e. The summed E-state index contributed by atoms with van der Waals surface area (Å²) in [6, 6.07) is 8.91. The SMILES string of the molecule is COCCOc1ncccc1NC(=O)c1cccc(S(=O)(=O)N2CCNC(=O)C2)c1. The van der Waals surface area contributed by atoms with E-state index in [4.69, 9.17) is 9.47 Å². The average molecular weight is 434 g/mol. The zero-order chi connectivity index (χ0) is 21.6. The highest BCUT2D eigenvalue weighted by molar-refractivity contribution is 7.89. The highest BCUT2D eigenvalue weighted by Crippen LogP contribution is 2.23. The Morgan fingerprint density at radius 3 is 2.87 bits per heavy atom. The van der Waals surface area contributed by atoms with Gasteiger partial charge in [0.2, 0.25) is 21.8 Å². The number of carbonyl (C=O) groups is 2. The Hall–Kier alpha value is -3.02. The van der Waals surface area contributed by atoms with Crippen LogP contribution in [0.2, 0.25) is 0 Å². The zero-order valence-electron chi connectivity index (χ0n) is 16.3. The van der Waals surface area contributed by atoms with E-state index in [-0.39, 0.29) is 48.5 Å². The van der Waals surface area contributed by atoms with E-state index in [0.29, 0.717) is 12.3 Å². The molecule has 1 fully saturated rings. The van der Waals surface area contributed by atoms with Crippen molar-refractivity contribution in [1.82, 2.24) is 14.6 Å². The monoisotopic (exact) mass is 434 g/mol. The van der Waals surface area contributed by atoms with Crippen LogP contribution in [-0.2, 0) is 19.6 Å². The smallest absolute Gasteiger partial charge is 0.255 e. The lowest BCUT2D eigenvalue weighted by atomic mass is 10.2. The number of nitrogens with zero attached hydrogens (tertiary/aromatic N) is 2. The number of hydrogen-bond acceptors (Lipinski definition) is 7. The lowest BCUT2D eigenvalue weighted by Gasteiger charge is -2.26. The summed E-state index contributed by atoms with van der Waals surface area (Å²) in [5.74, 6) is -0.657. The van der Waals surface area contributed by atoms with Crippen LogP contribution >= 0.6 is 0 Å². The van der Waals surface area contributed by atoms with Gasteiger partial charge in [-0.05, 0) is 30.3 Å². The molecule has 1 saturated heterocycles. The number of pyridine rings is 1. The van der Waals surface area contributed by atoms with Gasteiger partial charge in [-0.2, -0.15) is 4.31 Å². The summed E-state index contributed by atoms with van der Waals surface area (Å²) in [5, 5.41) is 5.26. The number of nitrogens with one attached hydrogen (secondary N) is 2. The van der Waals surface area contributed by atoms with E-state index >= 15 is 0 Å². The fourth-order valence-corrected chi connectivity index (χ4v) is 4.23. The Kier molecular flexibility index (Phi) is 6.98. The van der Waals surface area contributed by atoms with Gasteiger partial charge >= 0.3 is 0 Å². The highest BCUT2D eigenvalue weighted by Gasteiger charge is 2.29. The van der Waals surface area contributed by atoms with E-state index in [2.05, 4.69) is 15.6 Å². The molecule has 0 bridgehead atoms. The first-order valence-corrected chi connectivity index (χ1v) is 10.6. The summed E-state index contributed by atoms with van der Waals surface area (Å²) in [4.78, 5) is 28.3. The molecule has 0 radical (unpaired) electrons. The molecule has 2 N–H and O–H groups in total. The van der Waals surface area contributed by atoms with Gasteiger partial charge in [0.25, 0.3) is 5.91 Å². The van der Waals surface area contributed by atoms with Crippen molar-refractivity contribution in [3.05, 3.63) is 48.2 Å². The molecule has 11 heteroatoms. The maximum Gasteiger partial charge on any atom is 0.255 e. The second-order valence-corrected chi connectivity index (χ2v) is 8.31. The van der Waals surface area contributed by atoms with Gasteiger partial charge in [-0.1, -0.05) is 6.07 Å². The Labute approximate surface area is 174 Å². The predicted octanol–water partition coefficient (Wildman–Crippen LogP) is 0.480. The molecule has 0 unspecified atom stereocenters. The standard InChI is InChI=1S/C19H22N4O6S/c1-28-10-11-29-19-16(6-3-7-21-19)22-18(25)14-4-2-5-15(12-14)30(26,27)23-9-8-20-17(24)13-23/h2-7,12H,8-11,13H2,1H3,(H,20,24)(H,22,25). The second kappa shape index (κ2) is 9.65. The van der Waals surface area contributed by atoms with Gasteiger partial charge in [-0.25, -0.2) is 13.4 Å². The molecule has 1 aliphatic rings. The van der Waals surface area contributed by atoms with Crippen LogP contribution < -0.4 is 15.4 Å². The number of aromatic nitrogens is 1. The summed E-state index contributed by atoms with van der Waals surface area (Å²) in [5.41, 5.74) is 0.490. The third kappa shape index (κ3) is 5.12. The highest BCUT2D eigenvalue weighted by atomic mass is 32.2. The van der Waals surface area contributed by atoms with Gasteiger partial charge in [-0.3, -0.25) is 9.59 Å². The van der Waals surface area contributed by atoms with Gasteiger partial charge in [0.1, 0.15) is 12.3 Å². The molecule has 160 valence electrons. The summed E-state index contributed by atoms with van der Waals surface area (Å²) in [7, 11) is -2.36. The van der Waals surface area contributed by atoms with Crippen molar-refractivity contribution in [2.24, 2.45) is 0 Å². The van der Waals surface area contributed by atoms with Crippen LogP contribution in [0.5, 0.6) is 5.88 Å². The van der Waals surface area contributed by atoms with Crippen LogP contribution in [0.3, 0.4) is 0 Å². The molecule has 10 nitrogen and oxygen atoms in total. The predicted molar refractivity (Wildman–Crippen MR) is 108 cm³/mol. The molecule has 30 heavy (non-hydrogen) atoms. The second-order valence-electron chi connectivity index (χ2n) is 6.37. The normalized spacial score (nSPS) is 14.8. The Morgan fingerprint density at radius 1 is 1.27 bits per heavy atom. The zero-order valence-corrected chi connectivity index (χ0v) is 17.1. The van der Waals surface area contributed by atoms with Gasteiger partial charge in [0.05, 0.1) is 18.0 Å². The van der Waals surface area contributed by atoms with Crippen molar-refractivity contribution in [2.75, 3.05) is 45.3 Å². The molecular weight excluding hydrogens is 412 g/mol. The molecule has 1 aliphatic heterocycles. The van der Waals surface area contributed by atoms with Gasteiger partial charge in [-0.15, -0.1) is 0 Å². The number of anilines is 1. The van der Waals surface area contributed by atoms with Crippen LogP contribution in [0.4, 0.5) is 5.69 Å². The number of sulfonamides is 1. The van der Waals surface area contributed by atoms with Crippen LogP contribution in [0.15, 0.2) is 47.5 Å². The Balaban J connectivity index is 1.78. The molecule has 0 saturated carbocycles. The lowest BCUT2D eigenvalue weighted by molar-refractivity contribution is -0.122. The van der Waals surface area contributed by atoms with E-state index < -0.39 is 15.9 Å². The maximum absolute atomic E-state index is 12.8. The fraction of sp³-hybridized carbons (Fsp3) is 0.316. The molecule has 3 rings (SSSR count). The van der Waals surface area contributed by atoms with Crippen LogP contribution in [-0.4, -0.2) is 69.5 Å². The van der Waals surface area contributed by atoms with Crippen molar-refractivity contribution in [3.8, 4) is 5.88 Å². The molecule has 2 aromatic rings. The molecule has 0 atom stereocenters. The molecule has 2 amide bonds. The quantitative estimate of drug-likeness (QED) is 0.579. The minimum absolute atomic E-state index is 0.0624. The van der Waals surface area contributed by atoms with Crippen molar-refractivity contribution in [2.45, 2.75) is 4.90 Å². The first-order valence-electron chi connectivity index (χ1n) is 9.17. The number of amides is 2. The van der Waals surface area contributed by atoms with E-state index in [1.165, 1.54) is 30.5 Å². The van der Waals surface area contributed by atoms with Crippen LogP contribution in [0.25, 0.3) is 0 Å². The molecule has 2 heterocycles. The van der Waals surface area contributed by atoms with Gasteiger partial charge < -0.3 is 20.1 Å². The molecular formula is C19H22N4O6S. The number of rotatable bonds is 8. The van der Waals surface area contributed by atoms with E-state index in [1.807, 2.05) is 0 Å². The molecule has 0 aliphatic carbocycles. The van der Waals surface area contributed by atoms with E-state index in [9.17, 15) is 18.0 Å². The largest absolute Gasteiger partial charge is 0.474 e. The average Bonchev–Trinajstić information content (AvgIpc) is 2.75. The first-order chi connectivity index (χ1) is 14.4. The van der Waals surface area contributed by atoms with Crippen LogP contribution in [0.1, 0.15) is 10.4 Å². The van der Waals surface area contributed by atoms with Gasteiger partial charge in [0.15, 0.2) is 0 Å². The maximum atomic E-state index is 12.8. The van der Waals surface area contributed by atoms with E-state index in [1.54, 1.807) is 19.2 Å². The van der Waals surface area contributed by atoms with Crippen molar-refractivity contribution in [1.29, 1.82) is 0 Å². The van der Waals surface area contributed by atoms with E-state index in [0.717, 1.165) is 4.31 Å². The minimum atomic E-state index is -3.91. The number of piperazine rings is 1. The topological polar surface area (TPSA) is 127 Å².